The number of rotatable bonds is 6. The van der Waals surface area contributed by atoms with Gasteiger partial charge >= 0.3 is 5.69 Å². The molecule has 0 saturated carbocycles. The fraction of sp³-hybridized carbons (Fsp3) is 0.435. The van der Waals surface area contributed by atoms with E-state index in [1.165, 1.54) is 30.7 Å². The number of nitrogens with zero attached hydrogens (tertiary/aromatic N) is 5. The van der Waals surface area contributed by atoms with E-state index in [2.05, 4.69) is 27.1 Å². The van der Waals surface area contributed by atoms with Gasteiger partial charge in [0.2, 0.25) is 5.91 Å². The van der Waals surface area contributed by atoms with E-state index >= 15 is 0 Å². The van der Waals surface area contributed by atoms with Crippen molar-refractivity contribution in [3.8, 4) is 11.4 Å². The van der Waals surface area contributed by atoms with E-state index in [1.807, 2.05) is 0 Å². The summed E-state index contributed by atoms with van der Waals surface area (Å²) in [6.45, 7) is 4.09. The highest BCUT2D eigenvalue weighted by Crippen LogP contribution is 2.19. The molecule has 33 heavy (non-hydrogen) atoms. The van der Waals surface area contributed by atoms with Crippen LogP contribution in [0.25, 0.3) is 22.4 Å². The standard InChI is InChI=1S/C23H27ClN6O3/c1-15-5-3-4-11-29(15)12-10-25-19(31)14-30-22(32)18-13-26-20(16-6-8-17(24)9-7-16)27-21(18)28(2)23(30)33/h6-9,13,15H,3-5,10-12,14H2,1-2H3,(H,25,31)/t15-/m1/s1. The predicted octanol–water partition coefficient (Wildman–Crippen LogP) is 1.80. The number of piperidine rings is 1. The molecule has 3 heterocycles. The Hall–Kier alpha value is -3.04. The van der Waals surface area contributed by atoms with Gasteiger partial charge in [0.05, 0.1) is 0 Å². The van der Waals surface area contributed by atoms with Crippen molar-refractivity contribution in [1.29, 1.82) is 0 Å². The summed E-state index contributed by atoms with van der Waals surface area (Å²) in [5.74, 6) is -0.00656. The molecule has 1 aromatic carbocycles. The van der Waals surface area contributed by atoms with Crippen molar-refractivity contribution >= 4 is 28.5 Å². The first-order valence-electron chi connectivity index (χ1n) is 11.1. The first kappa shape index (κ1) is 23.1. The van der Waals surface area contributed by atoms with E-state index in [0.717, 1.165) is 24.1 Å². The molecule has 4 rings (SSSR count). The number of fused-ring (bicyclic) bond motifs is 1. The average molecular weight is 471 g/mol. The minimum Gasteiger partial charge on any atom is -0.353 e. The van der Waals surface area contributed by atoms with Gasteiger partial charge in [-0.2, -0.15) is 0 Å². The van der Waals surface area contributed by atoms with Crippen LogP contribution in [0.5, 0.6) is 0 Å². The number of aryl methyl sites for hydroxylation is 1. The maximum atomic E-state index is 13.0. The van der Waals surface area contributed by atoms with E-state index in [0.29, 0.717) is 29.0 Å². The lowest BCUT2D eigenvalue weighted by molar-refractivity contribution is -0.121. The molecule has 1 aliphatic rings. The van der Waals surface area contributed by atoms with E-state index in [9.17, 15) is 14.4 Å². The lowest BCUT2D eigenvalue weighted by Crippen LogP contribution is -2.46. The maximum absolute atomic E-state index is 13.0. The number of amides is 1. The number of aromatic nitrogens is 4. The Morgan fingerprint density at radius 3 is 2.70 bits per heavy atom. The van der Waals surface area contributed by atoms with Crippen LogP contribution in [0.2, 0.25) is 5.02 Å². The Morgan fingerprint density at radius 1 is 1.21 bits per heavy atom. The van der Waals surface area contributed by atoms with Gasteiger partial charge in [0.15, 0.2) is 11.5 Å². The second-order valence-corrected chi connectivity index (χ2v) is 8.84. The Bertz CT molecular complexity index is 1280. The molecule has 3 aromatic rings. The van der Waals surface area contributed by atoms with Gasteiger partial charge in [-0.1, -0.05) is 18.0 Å². The fourth-order valence-electron chi connectivity index (χ4n) is 4.19. The summed E-state index contributed by atoms with van der Waals surface area (Å²) in [4.78, 5) is 49.3. The first-order chi connectivity index (χ1) is 15.8. The third-order valence-electron chi connectivity index (χ3n) is 6.15. The molecule has 1 fully saturated rings. The van der Waals surface area contributed by atoms with Crippen molar-refractivity contribution in [2.75, 3.05) is 19.6 Å². The predicted molar refractivity (Wildman–Crippen MR) is 127 cm³/mol. The van der Waals surface area contributed by atoms with Crippen LogP contribution < -0.4 is 16.6 Å². The number of benzene rings is 1. The first-order valence-corrected chi connectivity index (χ1v) is 11.5. The minimum absolute atomic E-state index is 0.171. The number of carbonyl (C=O) groups excluding carboxylic acids is 1. The molecule has 0 unspecified atom stereocenters. The summed E-state index contributed by atoms with van der Waals surface area (Å²) < 4.78 is 2.19. The number of hydrogen-bond acceptors (Lipinski definition) is 6. The van der Waals surface area contributed by atoms with Gasteiger partial charge in [-0.15, -0.1) is 0 Å². The van der Waals surface area contributed by atoms with Gasteiger partial charge < -0.3 is 5.32 Å². The molecule has 1 N–H and O–H groups in total. The van der Waals surface area contributed by atoms with E-state index < -0.39 is 11.2 Å². The maximum Gasteiger partial charge on any atom is 0.332 e. The quantitative estimate of drug-likeness (QED) is 0.589. The van der Waals surface area contributed by atoms with Crippen LogP contribution in [-0.4, -0.2) is 55.6 Å². The van der Waals surface area contributed by atoms with Crippen LogP contribution in [-0.2, 0) is 18.4 Å². The molecule has 0 radical (unpaired) electrons. The molecule has 1 saturated heterocycles. The zero-order chi connectivity index (χ0) is 23.5. The van der Waals surface area contributed by atoms with Gasteiger partial charge in [-0.3, -0.25) is 23.6 Å². The van der Waals surface area contributed by atoms with Crippen molar-refractivity contribution in [2.24, 2.45) is 7.05 Å². The van der Waals surface area contributed by atoms with Crippen LogP contribution in [0.4, 0.5) is 0 Å². The monoisotopic (exact) mass is 470 g/mol. The SMILES string of the molecule is C[C@@H]1CCCCN1CCNC(=O)Cn1c(=O)c2cnc(-c3ccc(Cl)cc3)nc2n(C)c1=O. The Morgan fingerprint density at radius 2 is 1.97 bits per heavy atom. The third kappa shape index (κ3) is 4.99. The zero-order valence-electron chi connectivity index (χ0n) is 18.8. The van der Waals surface area contributed by atoms with Crippen LogP contribution >= 0.6 is 11.6 Å². The van der Waals surface area contributed by atoms with E-state index in [-0.39, 0.29) is 23.5 Å². The number of hydrogen-bond donors (Lipinski definition) is 1. The van der Waals surface area contributed by atoms with Gasteiger partial charge in [0.25, 0.3) is 5.56 Å². The molecule has 10 heteroatoms. The van der Waals surface area contributed by atoms with Crippen molar-refractivity contribution in [1.82, 2.24) is 29.3 Å². The van der Waals surface area contributed by atoms with Crippen molar-refractivity contribution in [3.05, 3.63) is 56.3 Å². The molecule has 1 atom stereocenters. The molecular formula is C23H27ClN6O3. The smallest absolute Gasteiger partial charge is 0.332 e. The second-order valence-electron chi connectivity index (χ2n) is 8.40. The Kier molecular flexibility index (Phi) is 6.90. The number of likely N-dealkylation sites (tertiary alicyclic amines) is 1. The molecule has 0 spiro atoms. The summed E-state index contributed by atoms with van der Waals surface area (Å²) >= 11 is 5.93. The molecule has 1 aliphatic heterocycles. The highest BCUT2D eigenvalue weighted by atomic mass is 35.5. The normalized spacial score (nSPS) is 16.8. The van der Waals surface area contributed by atoms with Crippen LogP contribution in [0, 0.1) is 0 Å². The topological polar surface area (TPSA) is 102 Å². The summed E-state index contributed by atoms with van der Waals surface area (Å²) in [7, 11) is 1.52. The summed E-state index contributed by atoms with van der Waals surface area (Å²) in [5.41, 5.74) is -0.273. The average Bonchev–Trinajstić information content (AvgIpc) is 2.82. The largest absolute Gasteiger partial charge is 0.353 e. The van der Waals surface area contributed by atoms with Crippen LogP contribution in [0.15, 0.2) is 40.1 Å². The van der Waals surface area contributed by atoms with Gasteiger partial charge in [-0.05, 0) is 50.6 Å². The van der Waals surface area contributed by atoms with Gasteiger partial charge in [0, 0.05) is 43.0 Å². The van der Waals surface area contributed by atoms with Crippen molar-refractivity contribution in [2.45, 2.75) is 38.8 Å². The van der Waals surface area contributed by atoms with Gasteiger partial charge in [0.1, 0.15) is 11.9 Å². The fourth-order valence-corrected chi connectivity index (χ4v) is 4.31. The lowest BCUT2D eigenvalue weighted by Gasteiger charge is -2.33. The number of nitrogens with one attached hydrogen (secondary N) is 1. The van der Waals surface area contributed by atoms with Crippen LogP contribution in [0.1, 0.15) is 26.2 Å². The zero-order valence-corrected chi connectivity index (χ0v) is 19.5. The second kappa shape index (κ2) is 9.84. The Labute approximate surface area is 196 Å². The van der Waals surface area contributed by atoms with Crippen molar-refractivity contribution < 1.29 is 4.79 Å². The summed E-state index contributed by atoms with van der Waals surface area (Å²) in [6, 6.07) is 7.46. The number of halogens is 1. The molecule has 0 bridgehead atoms. The molecular weight excluding hydrogens is 444 g/mol. The molecule has 2 aromatic heterocycles. The minimum atomic E-state index is -0.604. The highest BCUT2D eigenvalue weighted by molar-refractivity contribution is 6.30. The molecule has 1 amide bonds. The van der Waals surface area contributed by atoms with E-state index in [4.69, 9.17) is 11.6 Å². The highest BCUT2D eigenvalue weighted by Gasteiger charge is 2.19. The van der Waals surface area contributed by atoms with Gasteiger partial charge in [-0.25, -0.2) is 14.8 Å². The summed E-state index contributed by atoms with van der Waals surface area (Å²) in [6.07, 6.45) is 4.96. The van der Waals surface area contributed by atoms with Crippen molar-refractivity contribution in [3.63, 3.8) is 0 Å². The third-order valence-corrected chi connectivity index (χ3v) is 6.40. The van der Waals surface area contributed by atoms with Crippen LogP contribution in [0.3, 0.4) is 0 Å². The summed E-state index contributed by atoms with van der Waals surface area (Å²) in [5, 5.41) is 3.58. The number of carbonyl (C=O) groups is 1. The molecule has 9 nitrogen and oxygen atoms in total. The Balaban J connectivity index is 1.52. The van der Waals surface area contributed by atoms with E-state index in [1.54, 1.807) is 24.3 Å². The lowest BCUT2D eigenvalue weighted by atomic mass is 10.0. The molecule has 174 valence electrons. The molecule has 0 aliphatic carbocycles.